The van der Waals surface area contributed by atoms with Crippen LogP contribution in [0.2, 0.25) is 0 Å². The van der Waals surface area contributed by atoms with Crippen LogP contribution < -0.4 is 4.90 Å². The van der Waals surface area contributed by atoms with Crippen molar-refractivity contribution < 1.29 is 5.11 Å². The molecule has 218 valence electrons. The van der Waals surface area contributed by atoms with Gasteiger partial charge in [-0.15, -0.1) is 23.5 Å². The number of nitrogens with zero attached hydrogens (tertiary/aromatic N) is 1. The zero-order valence-corrected chi connectivity index (χ0v) is 27.6. The molecule has 1 aromatic rings. The fraction of sp³-hybridized carbons (Fsp3) is 0.722. The molecule has 0 radical (unpaired) electrons. The van der Waals surface area contributed by atoms with Crippen LogP contribution in [0.15, 0.2) is 35.9 Å². The predicted molar refractivity (Wildman–Crippen MR) is 175 cm³/mol. The lowest BCUT2D eigenvalue weighted by molar-refractivity contribution is -0.0958. The predicted octanol–water partition coefficient (Wildman–Crippen LogP) is 8.75. The highest BCUT2D eigenvalue weighted by molar-refractivity contribution is 8.21. The number of fused-ring (bicyclic) bond motifs is 5. The van der Waals surface area contributed by atoms with Crippen molar-refractivity contribution in [2.75, 3.05) is 23.5 Å². The van der Waals surface area contributed by atoms with Crippen molar-refractivity contribution in [2.45, 2.75) is 108 Å². The van der Waals surface area contributed by atoms with Gasteiger partial charge in [0.15, 0.2) is 0 Å². The molecular formula is C36H51NOS2. The lowest BCUT2D eigenvalue weighted by Crippen LogP contribution is -2.55. The first kappa shape index (κ1) is 29.1. The number of aliphatic hydroxyl groups is 1. The number of thioether (sulfide) groups is 2. The van der Waals surface area contributed by atoms with Gasteiger partial charge < -0.3 is 10.0 Å². The van der Waals surface area contributed by atoms with E-state index in [4.69, 9.17) is 0 Å². The molecule has 0 amide bonds. The number of allylic oxidation sites excluding steroid dienone is 1. The van der Waals surface area contributed by atoms with Crippen molar-refractivity contribution in [1.29, 1.82) is 0 Å². The molecule has 2 nitrogen and oxygen atoms in total. The van der Waals surface area contributed by atoms with Crippen LogP contribution in [0.5, 0.6) is 0 Å². The zero-order chi connectivity index (χ0) is 28.5. The number of rotatable bonds is 3. The topological polar surface area (TPSA) is 23.5 Å². The molecule has 4 heteroatoms. The quantitative estimate of drug-likeness (QED) is 0.287. The minimum atomic E-state index is -0.893. The maximum atomic E-state index is 12.3. The summed E-state index contributed by atoms with van der Waals surface area (Å²) in [6, 6.07) is 10.0. The van der Waals surface area contributed by atoms with E-state index in [1.54, 1.807) is 5.57 Å². The molecule has 1 N–H and O–H groups in total. The summed E-state index contributed by atoms with van der Waals surface area (Å²) in [5, 5.41) is 12.3. The molecule has 3 saturated carbocycles. The van der Waals surface area contributed by atoms with Gasteiger partial charge in [-0.1, -0.05) is 42.5 Å². The summed E-state index contributed by atoms with van der Waals surface area (Å²) in [5.41, 5.74) is 3.40. The number of hydrogen-bond donors (Lipinski definition) is 1. The Morgan fingerprint density at radius 1 is 1.00 bits per heavy atom. The van der Waals surface area contributed by atoms with E-state index in [1.807, 2.05) is 0 Å². The van der Waals surface area contributed by atoms with Crippen molar-refractivity contribution in [3.8, 4) is 11.8 Å². The Morgan fingerprint density at radius 2 is 1.70 bits per heavy atom. The Balaban J connectivity index is 1.40. The molecule has 40 heavy (non-hydrogen) atoms. The van der Waals surface area contributed by atoms with Gasteiger partial charge in [-0.05, 0) is 127 Å². The van der Waals surface area contributed by atoms with Crippen LogP contribution in [-0.2, 0) is 0 Å². The fourth-order valence-electron chi connectivity index (χ4n) is 9.24. The van der Waals surface area contributed by atoms with Crippen molar-refractivity contribution >= 4 is 29.2 Å². The SMILES string of the molecule is CC(C)N(C)c1ccc([C@H]2C[C@@]3(C)[C@@H](CC[C@@]3(O)C#CC(C)(C)C)[C@@H]3CCC4=CC5(CC[C@@H]4[C@H]32)SCCS5)cc1. The normalized spacial score (nSPS) is 38.2. The molecule has 1 saturated heterocycles. The molecule has 6 rings (SSSR count). The van der Waals surface area contributed by atoms with Gasteiger partial charge >= 0.3 is 0 Å². The second kappa shape index (κ2) is 10.3. The standard InChI is InChI=1S/C36H51NOS2/c1-24(2)37(7)27-11-8-25(9-12-27)30-23-34(6)31(15-16-35(34,38)19-18-33(3,4)5)29-13-10-26-22-36(39-20-21-40-36)17-14-28(26)32(29)30/h8-9,11-12,22,24,28-32,38H,10,13-17,20-21,23H2,1-7H3/t28-,29-,30+,31-,32+,34-,35+/m0/s1. The Bertz CT molecular complexity index is 1200. The number of anilines is 1. The average Bonchev–Trinajstić information content (AvgIpc) is 3.47. The van der Waals surface area contributed by atoms with E-state index in [1.165, 1.54) is 48.4 Å². The highest BCUT2D eigenvalue weighted by Crippen LogP contribution is 2.69. The van der Waals surface area contributed by atoms with Gasteiger partial charge in [0, 0.05) is 41.1 Å². The van der Waals surface area contributed by atoms with Gasteiger partial charge in [0.2, 0.25) is 0 Å². The third kappa shape index (κ3) is 4.89. The molecule has 1 heterocycles. The molecule has 0 aromatic heterocycles. The maximum absolute atomic E-state index is 12.3. The molecule has 0 bridgehead atoms. The molecule has 0 unspecified atom stereocenters. The van der Waals surface area contributed by atoms with Crippen molar-refractivity contribution in [1.82, 2.24) is 0 Å². The molecule has 1 aliphatic heterocycles. The van der Waals surface area contributed by atoms with Gasteiger partial charge in [-0.2, -0.15) is 0 Å². The second-order valence-corrected chi connectivity index (χ2v) is 18.3. The Kier molecular flexibility index (Phi) is 7.49. The first-order valence-corrected chi connectivity index (χ1v) is 17.9. The van der Waals surface area contributed by atoms with Crippen molar-refractivity contribution in [3.63, 3.8) is 0 Å². The van der Waals surface area contributed by atoms with E-state index in [9.17, 15) is 5.11 Å². The maximum Gasteiger partial charge on any atom is 0.131 e. The van der Waals surface area contributed by atoms with Crippen molar-refractivity contribution in [3.05, 3.63) is 41.5 Å². The van der Waals surface area contributed by atoms with E-state index < -0.39 is 5.60 Å². The Morgan fingerprint density at radius 3 is 2.35 bits per heavy atom. The first-order valence-electron chi connectivity index (χ1n) is 15.9. The summed E-state index contributed by atoms with van der Waals surface area (Å²) in [7, 11) is 2.20. The summed E-state index contributed by atoms with van der Waals surface area (Å²) in [4.78, 5) is 2.36. The van der Waals surface area contributed by atoms with Crippen LogP contribution in [0, 0.1) is 46.3 Å². The third-order valence-corrected chi connectivity index (χ3v) is 14.9. The van der Waals surface area contributed by atoms with Crippen LogP contribution in [0.3, 0.4) is 0 Å². The molecule has 4 aliphatic carbocycles. The van der Waals surface area contributed by atoms with Gasteiger partial charge in [0.05, 0.1) is 4.08 Å². The lowest BCUT2D eigenvalue weighted by Gasteiger charge is -2.58. The van der Waals surface area contributed by atoms with Gasteiger partial charge in [0.25, 0.3) is 0 Å². The Hall–Kier alpha value is -1.02. The molecule has 1 spiro atoms. The van der Waals surface area contributed by atoms with E-state index in [2.05, 4.69) is 119 Å². The highest BCUT2D eigenvalue weighted by atomic mass is 32.2. The molecular weight excluding hydrogens is 527 g/mol. The fourth-order valence-corrected chi connectivity index (χ4v) is 12.4. The summed E-state index contributed by atoms with van der Waals surface area (Å²) < 4.78 is 0.358. The van der Waals surface area contributed by atoms with Crippen LogP contribution >= 0.6 is 23.5 Å². The lowest BCUT2D eigenvalue weighted by atomic mass is 9.46. The van der Waals surface area contributed by atoms with Crippen LogP contribution in [0.1, 0.15) is 98.0 Å². The second-order valence-electron chi connectivity index (χ2n) is 15.2. The molecule has 1 aromatic carbocycles. The smallest absolute Gasteiger partial charge is 0.131 e. The number of benzene rings is 1. The highest BCUT2D eigenvalue weighted by Gasteiger charge is 2.64. The van der Waals surface area contributed by atoms with E-state index >= 15 is 0 Å². The summed E-state index contributed by atoms with van der Waals surface area (Å²) in [5.74, 6) is 12.7. The third-order valence-electron chi connectivity index (χ3n) is 11.5. The number of hydrogen-bond acceptors (Lipinski definition) is 4. The molecule has 4 fully saturated rings. The molecule has 7 atom stereocenters. The average molecular weight is 578 g/mol. The van der Waals surface area contributed by atoms with Gasteiger partial charge in [-0.3, -0.25) is 0 Å². The Labute approximate surface area is 252 Å². The van der Waals surface area contributed by atoms with E-state index in [0.29, 0.717) is 39.7 Å². The minimum absolute atomic E-state index is 0.0993. The summed E-state index contributed by atoms with van der Waals surface area (Å²) in [6.45, 7) is 13.4. The minimum Gasteiger partial charge on any atom is -0.377 e. The zero-order valence-electron chi connectivity index (χ0n) is 25.9. The van der Waals surface area contributed by atoms with Gasteiger partial charge in [-0.25, -0.2) is 0 Å². The summed E-state index contributed by atoms with van der Waals surface area (Å²) >= 11 is 4.42. The monoisotopic (exact) mass is 577 g/mol. The van der Waals surface area contributed by atoms with E-state index in [0.717, 1.165) is 19.3 Å². The largest absolute Gasteiger partial charge is 0.377 e. The van der Waals surface area contributed by atoms with Crippen molar-refractivity contribution in [2.24, 2.45) is 34.5 Å². The van der Waals surface area contributed by atoms with Crippen LogP contribution in [-0.4, -0.2) is 39.4 Å². The molecule has 5 aliphatic rings. The van der Waals surface area contributed by atoms with E-state index in [-0.39, 0.29) is 10.8 Å². The summed E-state index contributed by atoms with van der Waals surface area (Å²) in [6.07, 6.45) is 11.0. The van der Waals surface area contributed by atoms with Crippen LogP contribution in [0.4, 0.5) is 5.69 Å². The van der Waals surface area contributed by atoms with Crippen LogP contribution in [0.25, 0.3) is 0 Å². The van der Waals surface area contributed by atoms with Gasteiger partial charge in [0.1, 0.15) is 5.60 Å². The first-order chi connectivity index (χ1) is 18.8.